The number of carbonyl (C=O) groups is 1. The van der Waals surface area contributed by atoms with E-state index in [0.717, 1.165) is 30.5 Å². The number of nitrogens with one attached hydrogen (secondary N) is 1. The lowest BCUT2D eigenvalue weighted by atomic mass is 10.1. The lowest BCUT2D eigenvalue weighted by molar-refractivity contribution is -0.118. The van der Waals surface area contributed by atoms with Crippen molar-refractivity contribution < 1.29 is 9.53 Å². The molecule has 1 fully saturated rings. The number of aromatic nitrogens is 1. The fourth-order valence-corrected chi connectivity index (χ4v) is 2.52. The van der Waals surface area contributed by atoms with Crippen LogP contribution >= 0.6 is 0 Å². The van der Waals surface area contributed by atoms with Crippen LogP contribution in [0.15, 0.2) is 30.5 Å². The van der Waals surface area contributed by atoms with Crippen molar-refractivity contribution in [3.05, 3.63) is 30.5 Å². The van der Waals surface area contributed by atoms with E-state index in [4.69, 9.17) is 10.5 Å². The molecule has 0 aliphatic carbocycles. The molecule has 2 aromatic rings. The summed E-state index contributed by atoms with van der Waals surface area (Å²) in [5, 5.41) is 3.78. The maximum Gasteiger partial charge on any atom is 0.227 e. The average Bonchev–Trinajstić information content (AvgIpc) is 2.95. The molecular weight excluding hydrogens is 254 g/mol. The van der Waals surface area contributed by atoms with E-state index in [-0.39, 0.29) is 12.0 Å². The van der Waals surface area contributed by atoms with Crippen LogP contribution < -0.4 is 11.1 Å². The fourth-order valence-electron chi connectivity index (χ4n) is 2.52. The highest BCUT2D eigenvalue weighted by Crippen LogP contribution is 2.26. The summed E-state index contributed by atoms with van der Waals surface area (Å²) < 4.78 is 5.47. The van der Waals surface area contributed by atoms with E-state index in [1.165, 1.54) is 0 Å². The van der Waals surface area contributed by atoms with Crippen LogP contribution in [0.4, 0.5) is 11.4 Å². The minimum atomic E-state index is -0.0353. The Morgan fingerprint density at radius 1 is 1.45 bits per heavy atom. The maximum absolute atomic E-state index is 12.1. The van der Waals surface area contributed by atoms with Crippen LogP contribution in [-0.2, 0) is 9.53 Å². The Bertz CT molecular complexity index is 636. The third-order valence-electron chi connectivity index (χ3n) is 3.51. The molecule has 1 aliphatic rings. The number of amides is 1. The molecule has 3 rings (SSSR count). The van der Waals surface area contributed by atoms with Crippen molar-refractivity contribution in [2.45, 2.75) is 25.4 Å². The van der Waals surface area contributed by atoms with Gasteiger partial charge < -0.3 is 15.8 Å². The predicted molar refractivity (Wildman–Crippen MR) is 78.4 cm³/mol. The summed E-state index contributed by atoms with van der Waals surface area (Å²) in [5.74, 6) is -0.0353. The molecule has 1 saturated heterocycles. The van der Waals surface area contributed by atoms with Crippen LogP contribution in [0, 0.1) is 0 Å². The molecule has 3 N–H and O–H groups in total. The quantitative estimate of drug-likeness (QED) is 0.840. The van der Waals surface area contributed by atoms with Crippen molar-refractivity contribution in [2.24, 2.45) is 0 Å². The molecule has 5 heteroatoms. The number of nitrogens with two attached hydrogens (primary N) is 1. The van der Waals surface area contributed by atoms with Crippen molar-refractivity contribution in [3.63, 3.8) is 0 Å². The van der Waals surface area contributed by atoms with Crippen LogP contribution in [0.25, 0.3) is 10.9 Å². The summed E-state index contributed by atoms with van der Waals surface area (Å²) in [7, 11) is 0. The van der Waals surface area contributed by atoms with Crippen LogP contribution in [0.3, 0.4) is 0 Å². The van der Waals surface area contributed by atoms with Gasteiger partial charge in [0.15, 0.2) is 0 Å². The summed E-state index contributed by atoms with van der Waals surface area (Å²) >= 11 is 0. The fraction of sp³-hybridized carbons (Fsp3) is 0.333. The zero-order chi connectivity index (χ0) is 13.9. The number of hydrogen-bond donors (Lipinski definition) is 2. The van der Waals surface area contributed by atoms with E-state index in [1.807, 2.05) is 18.2 Å². The van der Waals surface area contributed by atoms with Gasteiger partial charge in [-0.2, -0.15) is 0 Å². The molecule has 1 atom stereocenters. The van der Waals surface area contributed by atoms with Crippen LogP contribution in [0.2, 0.25) is 0 Å². The molecule has 1 aromatic heterocycles. The second-order valence-electron chi connectivity index (χ2n) is 4.99. The predicted octanol–water partition coefficient (Wildman–Crippen LogP) is 2.32. The molecule has 1 aliphatic heterocycles. The molecule has 20 heavy (non-hydrogen) atoms. The number of fused-ring (bicyclic) bond motifs is 1. The Labute approximate surface area is 117 Å². The highest BCUT2D eigenvalue weighted by atomic mass is 16.5. The van der Waals surface area contributed by atoms with Crippen molar-refractivity contribution in [1.29, 1.82) is 0 Å². The smallest absolute Gasteiger partial charge is 0.227 e. The summed E-state index contributed by atoms with van der Waals surface area (Å²) in [6.45, 7) is 0.757. The van der Waals surface area contributed by atoms with Gasteiger partial charge in [-0.15, -0.1) is 0 Å². The van der Waals surface area contributed by atoms with Crippen molar-refractivity contribution in [1.82, 2.24) is 4.98 Å². The van der Waals surface area contributed by atoms with Gasteiger partial charge in [-0.1, -0.05) is 0 Å². The van der Waals surface area contributed by atoms with Crippen molar-refractivity contribution in [3.8, 4) is 0 Å². The van der Waals surface area contributed by atoms with E-state index in [0.29, 0.717) is 17.6 Å². The third kappa shape index (κ3) is 2.58. The first-order chi connectivity index (χ1) is 9.74. The number of hydrogen-bond acceptors (Lipinski definition) is 4. The molecule has 0 bridgehead atoms. The molecule has 1 aromatic carbocycles. The normalized spacial score (nSPS) is 18.3. The number of ether oxygens (including phenoxy) is 1. The lowest BCUT2D eigenvalue weighted by Gasteiger charge is -2.12. The number of benzene rings is 1. The number of rotatable bonds is 3. The van der Waals surface area contributed by atoms with E-state index in [9.17, 15) is 4.79 Å². The minimum absolute atomic E-state index is 0.0353. The van der Waals surface area contributed by atoms with E-state index in [2.05, 4.69) is 10.3 Å². The van der Waals surface area contributed by atoms with Gasteiger partial charge in [0.1, 0.15) is 0 Å². The van der Waals surface area contributed by atoms with Gasteiger partial charge >= 0.3 is 0 Å². The number of pyridine rings is 1. The summed E-state index contributed by atoms with van der Waals surface area (Å²) in [5.41, 5.74) is 7.95. The number of nitrogen functional groups attached to an aromatic ring is 1. The molecule has 5 nitrogen and oxygen atoms in total. The van der Waals surface area contributed by atoms with Gasteiger partial charge in [-0.25, -0.2) is 0 Å². The van der Waals surface area contributed by atoms with Gasteiger partial charge in [0.2, 0.25) is 5.91 Å². The lowest BCUT2D eigenvalue weighted by Crippen LogP contribution is -2.19. The molecule has 1 amide bonds. The minimum Gasteiger partial charge on any atom is -0.397 e. The summed E-state index contributed by atoms with van der Waals surface area (Å²) in [6, 6.07) is 7.31. The SMILES string of the molecule is Nc1ccc(NC(=O)CC2CCCO2)c2cccnc12. The first kappa shape index (κ1) is 12.9. The monoisotopic (exact) mass is 271 g/mol. The van der Waals surface area contributed by atoms with Crippen molar-refractivity contribution in [2.75, 3.05) is 17.7 Å². The number of nitrogens with zero attached hydrogens (tertiary/aromatic N) is 1. The Kier molecular flexibility index (Phi) is 3.52. The largest absolute Gasteiger partial charge is 0.397 e. The summed E-state index contributed by atoms with van der Waals surface area (Å²) in [6.07, 6.45) is 4.13. The van der Waals surface area contributed by atoms with Gasteiger partial charge in [-0.05, 0) is 37.1 Å². The molecule has 104 valence electrons. The van der Waals surface area contributed by atoms with Crippen LogP contribution in [0.5, 0.6) is 0 Å². The highest BCUT2D eigenvalue weighted by Gasteiger charge is 2.19. The van der Waals surface area contributed by atoms with Gasteiger partial charge in [0.05, 0.1) is 29.4 Å². The molecule has 1 unspecified atom stereocenters. The number of carbonyl (C=O) groups excluding carboxylic acids is 1. The average molecular weight is 271 g/mol. The molecule has 0 spiro atoms. The molecule has 0 radical (unpaired) electrons. The molecular formula is C15H17N3O2. The van der Waals surface area contributed by atoms with Gasteiger partial charge in [-0.3, -0.25) is 9.78 Å². The second-order valence-corrected chi connectivity index (χ2v) is 4.99. The Morgan fingerprint density at radius 3 is 3.15 bits per heavy atom. The first-order valence-corrected chi connectivity index (χ1v) is 6.79. The molecule has 0 saturated carbocycles. The Balaban J connectivity index is 1.80. The Morgan fingerprint density at radius 2 is 2.35 bits per heavy atom. The Hall–Kier alpha value is -2.14. The zero-order valence-electron chi connectivity index (χ0n) is 11.1. The van der Waals surface area contributed by atoms with Gasteiger partial charge in [0, 0.05) is 18.2 Å². The summed E-state index contributed by atoms with van der Waals surface area (Å²) in [4.78, 5) is 16.3. The topological polar surface area (TPSA) is 77.2 Å². The van der Waals surface area contributed by atoms with Gasteiger partial charge in [0.25, 0.3) is 0 Å². The van der Waals surface area contributed by atoms with E-state index >= 15 is 0 Å². The third-order valence-corrected chi connectivity index (χ3v) is 3.51. The maximum atomic E-state index is 12.1. The van der Waals surface area contributed by atoms with E-state index < -0.39 is 0 Å². The number of anilines is 2. The molecule has 2 heterocycles. The highest BCUT2D eigenvalue weighted by molar-refractivity contribution is 6.04. The first-order valence-electron chi connectivity index (χ1n) is 6.79. The zero-order valence-corrected chi connectivity index (χ0v) is 11.1. The standard InChI is InChI=1S/C15H17N3O2/c16-12-5-6-13(11-4-1-7-17-15(11)12)18-14(19)9-10-3-2-8-20-10/h1,4-7,10H,2-3,8-9,16H2,(H,18,19). The second kappa shape index (κ2) is 5.46. The van der Waals surface area contributed by atoms with Crippen molar-refractivity contribution >= 4 is 28.2 Å². The van der Waals surface area contributed by atoms with Crippen LogP contribution in [-0.4, -0.2) is 23.6 Å². The van der Waals surface area contributed by atoms with Crippen LogP contribution in [0.1, 0.15) is 19.3 Å². The van der Waals surface area contributed by atoms with E-state index in [1.54, 1.807) is 12.3 Å².